The first-order chi connectivity index (χ1) is 3.48. The van der Waals surface area contributed by atoms with Crippen LogP contribution in [0.25, 0.3) is 0 Å². The number of sulfone groups is 1. The van der Waals surface area contributed by atoms with Gasteiger partial charge in [-0.2, -0.15) is 0 Å². The van der Waals surface area contributed by atoms with Crippen LogP contribution in [0.4, 0.5) is 0 Å². The van der Waals surface area contributed by atoms with E-state index in [1.165, 1.54) is 0 Å². The molecule has 0 unspecified atom stereocenters. The first-order valence-corrected chi connectivity index (χ1v) is 4.35. The van der Waals surface area contributed by atoms with E-state index in [1.807, 2.05) is 0 Å². The van der Waals surface area contributed by atoms with Crippen molar-refractivity contribution in [2.24, 2.45) is 0 Å². The summed E-state index contributed by atoms with van der Waals surface area (Å²) in [6, 6.07) is 0. The van der Waals surface area contributed by atoms with Crippen LogP contribution in [0, 0.1) is 0 Å². The summed E-state index contributed by atoms with van der Waals surface area (Å²) in [7, 11) is -3.26. The normalized spacial score (nSPS) is 14.1. The van der Waals surface area contributed by atoms with Crippen molar-refractivity contribution >= 4 is 33.0 Å². The minimum atomic E-state index is -3.26. The molecular formula is C3H4Cl2O2S. The van der Waals surface area contributed by atoms with Gasteiger partial charge in [0.05, 0.1) is 0 Å². The predicted molar refractivity (Wildman–Crippen MR) is 34.6 cm³/mol. The molecule has 5 heteroatoms. The summed E-state index contributed by atoms with van der Waals surface area (Å²) in [5.74, 6) is 0. The van der Waals surface area contributed by atoms with Gasteiger partial charge in [0.2, 0.25) is 0 Å². The van der Waals surface area contributed by atoms with Gasteiger partial charge in [-0.25, -0.2) is 8.42 Å². The minimum Gasteiger partial charge on any atom is -0.223 e. The summed E-state index contributed by atoms with van der Waals surface area (Å²) >= 11 is 10.0. The van der Waals surface area contributed by atoms with Gasteiger partial charge < -0.3 is 0 Å². The highest BCUT2D eigenvalue weighted by atomic mass is 35.5. The topological polar surface area (TPSA) is 34.1 Å². The van der Waals surface area contributed by atoms with Crippen LogP contribution in [0.1, 0.15) is 0 Å². The van der Waals surface area contributed by atoms with Crippen molar-refractivity contribution in [3.05, 3.63) is 9.90 Å². The van der Waals surface area contributed by atoms with Gasteiger partial charge in [-0.15, -0.1) is 0 Å². The van der Waals surface area contributed by atoms with Crippen LogP contribution in [-0.4, -0.2) is 14.7 Å². The van der Waals surface area contributed by atoms with Gasteiger partial charge in [0, 0.05) is 11.8 Å². The third-order valence-corrected chi connectivity index (χ3v) is 2.68. The Kier molecular flexibility index (Phi) is 2.80. The van der Waals surface area contributed by atoms with Gasteiger partial charge in [0.1, 0.15) is 4.36 Å². The van der Waals surface area contributed by atoms with E-state index in [-0.39, 0.29) is 4.36 Å². The number of hydrogen-bond donors (Lipinski definition) is 0. The van der Waals surface area contributed by atoms with Gasteiger partial charge in [0.25, 0.3) is 0 Å². The molecule has 0 aliphatic heterocycles. The summed E-state index contributed by atoms with van der Waals surface area (Å²) in [6.45, 7) is 0. The highest BCUT2D eigenvalue weighted by Gasteiger charge is 2.04. The molecule has 0 heterocycles. The summed E-state index contributed by atoms with van der Waals surface area (Å²) in [5, 5.41) is 0. The van der Waals surface area contributed by atoms with Gasteiger partial charge in [-0.05, 0) is 0 Å². The molecule has 0 saturated heterocycles. The molecule has 0 atom stereocenters. The smallest absolute Gasteiger partial charge is 0.187 e. The average molecular weight is 175 g/mol. The van der Waals surface area contributed by atoms with Gasteiger partial charge in [-0.1, -0.05) is 23.2 Å². The fraction of sp³-hybridized carbons (Fsp3) is 0.333. The molecule has 0 saturated carbocycles. The Labute approximate surface area is 58.0 Å². The molecule has 2 nitrogen and oxygen atoms in total. The number of hydrogen-bond acceptors (Lipinski definition) is 2. The Morgan fingerprint density at radius 1 is 1.62 bits per heavy atom. The Morgan fingerprint density at radius 2 is 2.00 bits per heavy atom. The molecule has 0 fully saturated rings. The monoisotopic (exact) mass is 174 g/mol. The second kappa shape index (κ2) is 2.71. The fourth-order valence-electron chi connectivity index (χ4n) is 0.0809. The van der Waals surface area contributed by atoms with Crippen LogP contribution in [0.5, 0.6) is 0 Å². The van der Waals surface area contributed by atoms with E-state index in [0.717, 1.165) is 11.8 Å². The first kappa shape index (κ1) is 8.27. The van der Waals surface area contributed by atoms with Crippen LogP contribution >= 0.6 is 23.2 Å². The summed E-state index contributed by atoms with van der Waals surface area (Å²) in [4.78, 5) is 0. The summed E-state index contributed by atoms with van der Waals surface area (Å²) in [6.07, 6.45) is 0.980. The lowest BCUT2D eigenvalue weighted by atomic mass is 11.2. The molecule has 0 aromatic carbocycles. The molecule has 8 heavy (non-hydrogen) atoms. The molecule has 0 bridgehead atoms. The summed E-state index contributed by atoms with van der Waals surface area (Å²) in [5.41, 5.74) is 0.816. The average Bonchev–Trinajstić information content (AvgIpc) is 1.62. The quantitative estimate of drug-likeness (QED) is 0.601. The number of halogens is 2. The second-order valence-corrected chi connectivity index (χ2v) is 4.02. The van der Waals surface area contributed by atoms with Crippen LogP contribution in [0.3, 0.4) is 0 Å². The van der Waals surface area contributed by atoms with Gasteiger partial charge in [0.15, 0.2) is 9.84 Å². The van der Waals surface area contributed by atoms with E-state index in [9.17, 15) is 8.42 Å². The van der Waals surface area contributed by atoms with E-state index < -0.39 is 9.84 Å². The van der Waals surface area contributed by atoms with Crippen LogP contribution in [0.15, 0.2) is 9.90 Å². The summed E-state index contributed by atoms with van der Waals surface area (Å²) < 4.78 is 20.2. The molecule has 0 rings (SSSR count). The van der Waals surface area contributed by atoms with Crippen molar-refractivity contribution in [3.8, 4) is 0 Å². The van der Waals surface area contributed by atoms with E-state index in [2.05, 4.69) is 0 Å². The molecule has 0 spiro atoms. The highest BCUT2D eigenvalue weighted by Crippen LogP contribution is 2.09. The van der Waals surface area contributed by atoms with Crippen LogP contribution in [-0.2, 0) is 9.84 Å². The van der Waals surface area contributed by atoms with Crippen molar-refractivity contribution in [2.75, 3.05) is 6.26 Å². The highest BCUT2D eigenvalue weighted by molar-refractivity contribution is 7.96. The fourth-order valence-corrected chi connectivity index (χ4v) is 0.728. The molecule has 0 aliphatic carbocycles. The zero-order valence-electron chi connectivity index (χ0n) is 4.06. The lowest BCUT2D eigenvalue weighted by Gasteiger charge is -1.87. The van der Waals surface area contributed by atoms with Crippen molar-refractivity contribution in [2.45, 2.75) is 0 Å². The van der Waals surface area contributed by atoms with Crippen molar-refractivity contribution in [1.29, 1.82) is 0 Å². The Bertz CT molecular complexity index is 191. The molecule has 0 aliphatic rings. The second-order valence-electron chi connectivity index (χ2n) is 1.19. The SMILES string of the molecule is CS(=O)(=O)/C(Cl)=C/Cl. The molecule has 0 radical (unpaired) electrons. The first-order valence-electron chi connectivity index (χ1n) is 1.64. The lowest BCUT2D eigenvalue weighted by Crippen LogP contribution is -1.92. The molecule has 0 amide bonds. The van der Waals surface area contributed by atoms with Crippen molar-refractivity contribution < 1.29 is 8.42 Å². The Balaban J connectivity index is 4.55. The molecule has 0 N–H and O–H groups in total. The van der Waals surface area contributed by atoms with Crippen molar-refractivity contribution in [1.82, 2.24) is 0 Å². The maximum absolute atomic E-state index is 10.3. The van der Waals surface area contributed by atoms with Crippen molar-refractivity contribution in [3.63, 3.8) is 0 Å². The maximum atomic E-state index is 10.3. The molecule has 0 aromatic heterocycles. The van der Waals surface area contributed by atoms with Crippen LogP contribution in [0.2, 0.25) is 0 Å². The van der Waals surface area contributed by atoms with E-state index in [4.69, 9.17) is 23.2 Å². The standard InChI is InChI=1S/C3H4Cl2O2S/c1-8(6,7)3(5)2-4/h2H,1H3/b3-2+. The zero-order valence-corrected chi connectivity index (χ0v) is 6.39. The Morgan fingerprint density at radius 3 is 2.00 bits per heavy atom. The number of rotatable bonds is 1. The third kappa shape index (κ3) is 2.55. The molecule has 0 aromatic rings. The van der Waals surface area contributed by atoms with E-state index >= 15 is 0 Å². The largest absolute Gasteiger partial charge is 0.223 e. The molecule has 48 valence electrons. The van der Waals surface area contributed by atoms with Gasteiger partial charge in [-0.3, -0.25) is 0 Å². The molecular weight excluding hydrogens is 171 g/mol. The van der Waals surface area contributed by atoms with E-state index in [0.29, 0.717) is 0 Å². The maximum Gasteiger partial charge on any atom is 0.187 e. The zero-order chi connectivity index (χ0) is 6.78. The minimum absolute atomic E-state index is 0.334. The van der Waals surface area contributed by atoms with Gasteiger partial charge >= 0.3 is 0 Å². The Hall–Kier alpha value is 0.270. The lowest BCUT2D eigenvalue weighted by molar-refractivity contribution is 0.609. The van der Waals surface area contributed by atoms with E-state index in [1.54, 1.807) is 0 Å². The predicted octanol–water partition coefficient (Wildman–Crippen LogP) is 1.31. The van der Waals surface area contributed by atoms with Crippen LogP contribution < -0.4 is 0 Å². The third-order valence-electron chi connectivity index (χ3n) is 0.440.